The van der Waals surface area contributed by atoms with Crippen molar-refractivity contribution in [1.82, 2.24) is 10.3 Å². The summed E-state index contributed by atoms with van der Waals surface area (Å²) < 4.78 is 19.4. The van der Waals surface area contributed by atoms with E-state index in [0.29, 0.717) is 12.4 Å². The predicted molar refractivity (Wildman–Crippen MR) is 79.7 cm³/mol. The van der Waals surface area contributed by atoms with Crippen LogP contribution in [0.25, 0.3) is 0 Å². The van der Waals surface area contributed by atoms with Crippen LogP contribution < -0.4 is 10.1 Å². The summed E-state index contributed by atoms with van der Waals surface area (Å²) in [5, 5.41) is 3.02. The predicted octanol–water partition coefficient (Wildman–Crippen LogP) is 3.40. The Balaban J connectivity index is 1.88. The SMILES string of the molecule is CNCc1cc(F)cnc1OC1CCCc2ccccc21. The van der Waals surface area contributed by atoms with Crippen LogP contribution in [-0.4, -0.2) is 12.0 Å². The minimum absolute atomic E-state index is 0.00326. The second-order valence-corrected chi connectivity index (χ2v) is 5.35. The number of nitrogens with zero attached hydrogens (tertiary/aromatic N) is 1. The Morgan fingerprint density at radius 3 is 3.10 bits per heavy atom. The standard InChI is InChI=1S/C17H19FN2O/c1-19-10-13-9-14(18)11-20-17(13)21-16-8-4-6-12-5-2-3-7-15(12)16/h2-3,5,7,9,11,16,19H,4,6,8,10H2,1H3. The summed E-state index contributed by atoms with van der Waals surface area (Å²) in [4.78, 5) is 4.13. The molecule has 1 N–H and O–H groups in total. The van der Waals surface area contributed by atoms with Crippen LogP contribution in [0, 0.1) is 5.82 Å². The fourth-order valence-electron chi connectivity index (χ4n) is 2.86. The Labute approximate surface area is 124 Å². The lowest BCUT2D eigenvalue weighted by Crippen LogP contribution is -2.17. The van der Waals surface area contributed by atoms with Gasteiger partial charge in [-0.1, -0.05) is 24.3 Å². The Morgan fingerprint density at radius 2 is 2.24 bits per heavy atom. The minimum Gasteiger partial charge on any atom is -0.469 e. The fraction of sp³-hybridized carbons (Fsp3) is 0.353. The maximum absolute atomic E-state index is 13.3. The highest BCUT2D eigenvalue weighted by Gasteiger charge is 2.22. The van der Waals surface area contributed by atoms with E-state index in [9.17, 15) is 4.39 Å². The molecule has 0 radical (unpaired) electrons. The van der Waals surface area contributed by atoms with Crippen molar-refractivity contribution < 1.29 is 9.13 Å². The van der Waals surface area contributed by atoms with Crippen LogP contribution in [0.3, 0.4) is 0 Å². The van der Waals surface area contributed by atoms with E-state index in [-0.39, 0.29) is 11.9 Å². The van der Waals surface area contributed by atoms with Gasteiger partial charge in [0.2, 0.25) is 5.88 Å². The maximum atomic E-state index is 13.3. The summed E-state index contributed by atoms with van der Waals surface area (Å²) in [6, 6.07) is 9.84. The van der Waals surface area contributed by atoms with E-state index in [2.05, 4.69) is 28.5 Å². The van der Waals surface area contributed by atoms with Crippen molar-refractivity contribution in [2.45, 2.75) is 31.9 Å². The maximum Gasteiger partial charge on any atom is 0.218 e. The summed E-state index contributed by atoms with van der Waals surface area (Å²) in [6.07, 6.45) is 4.38. The first-order valence-corrected chi connectivity index (χ1v) is 7.31. The summed E-state index contributed by atoms with van der Waals surface area (Å²) in [5.41, 5.74) is 3.32. The molecule has 0 spiro atoms. The van der Waals surface area contributed by atoms with E-state index in [1.807, 2.05) is 13.1 Å². The van der Waals surface area contributed by atoms with Gasteiger partial charge >= 0.3 is 0 Å². The van der Waals surface area contributed by atoms with Crippen molar-refractivity contribution in [1.29, 1.82) is 0 Å². The van der Waals surface area contributed by atoms with Crippen molar-refractivity contribution in [3.05, 3.63) is 59.0 Å². The number of aryl methyl sites for hydroxylation is 1. The van der Waals surface area contributed by atoms with Gasteiger partial charge in [-0.05, 0) is 43.5 Å². The van der Waals surface area contributed by atoms with Gasteiger partial charge in [-0.2, -0.15) is 0 Å². The number of hydrogen-bond donors (Lipinski definition) is 1. The molecule has 0 saturated carbocycles. The zero-order chi connectivity index (χ0) is 14.7. The van der Waals surface area contributed by atoms with E-state index in [1.165, 1.54) is 23.4 Å². The molecule has 0 amide bonds. The molecule has 2 aromatic rings. The number of ether oxygens (including phenoxy) is 1. The number of aromatic nitrogens is 1. The molecule has 1 aromatic carbocycles. The average molecular weight is 286 g/mol. The van der Waals surface area contributed by atoms with Gasteiger partial charge < -0.3 is 10.1 Å². The quantitative estimate of drug-likeness (QED) is 0.935. The Bertz CT molecular complexity index is 630. The second kappa shape index (κ2) is 6.22. The van der Waals surface area contributed by atoms with Gasteiger partial charge in [0.1, 0.15) is 11.9 Å². The third-order valence-corrected chi connectivity index (χ3v) is 3.83. The Morgan fingerprint density at radius 1 is 1.38 bits per heavy atom. The zero-order valence-electron chi connectivity index (χ0n) is 12.1. The van der Waals surface area contributed by atoms with E-state index in [4.69, 9.17) is 4.74 Å². The molecule has 1 aliphatic carbocycles. The topological polar surface area (TPSA) is 34.2 Å². The smallest absolute Gasteiger partial charge is 0.218 e. The molecule has 3 nitrogen and oxygen atoms in total. The van der Waals surface area contributed by atoms with Crippen molar-refractivity contribution in [2.75, 3.05) is 7.05 Å². The molecule has 1 heterocycles. The van der Waals surface area contributed by atoms with Gasteiger partial charge in [0.05, 0.1) is 6.20 Å². The minimum atomic E-state index is -0.336. The number of hydrogen-bond acceptors (Lipinski definition) is 3. The van der Waals surface area contributed by atoms with Crippen LogP contribution in [0.15, 0.2) is 36.5 Å². The zero-order valence-corrected chi connectivity index (χ0v) is 12.1. The first-order valence-electron chi connectivity index (χ1n) is 7.31. The molecule has 0 saturated heterocycles. The molecular formula is C17H19FN2O. The van der Waals surface area contributed by atoms with Gasteiger partial charge in [-0.3, -0.25) is 0 Å². The van der Waals surface area contributed by atoms with Gasteiger partial charge in [-0.25, -0.2) is 9.37 Å². The molecule has 4 heteroatoms. The highest BCUT2D eigenvalue weighted by molar-refractivity contribution is 5.33. The van der Waals surface area contributed by atoms with Crippen LogP contribution in [0.2, 0.25) is 0 Å². The summed E-state index contributed by atoms with van der Waals surface area (Å²) in [6.45, 7) is 0.536. The normalized spacial score (nSPS) is 17.3. The number of benzene rings is 1. The summed E-state index contributed by atoms with van der Waals surface area (Å²) in [7, 11) is 1.82. The van der Waals surface area contributed by atoms with Crippen molar-refractivity contribution in [3.8, 4) is 5.88 Å². The van der Waals surface area contributed by atoms with Crippen LogP contribution in [0.1, 0.15) is 35.6 Å². The lowest BCUT2D eigenvalue weighted by atomic mass is 9.89. The van der Waals surface area contributed by atoms with Gasteiger partial charge in [0.15, 0.2) is 0 Å². The number of rotatable bonds is 4. The number of pyridine rings is 1. The van der Waals surface area contributed by atoms with Gasteiger partial charge in [0, 0.05) is 12.1 Å². The van der Waals surface area contributed by atoms with Crippen LogP contribution in [-0.2, 0) is 13.0 Å². The van der Waals surface area contributed by atoms with Gasteiger partial charge in [-0.15, -0.1) is 0 Å². The molecule has 1 aromatic heterocycles. The molecule has 1 unspecified atom stereocenters. The fourth-order valence-corrected chi connectivity index (χ4v) is 2.86. The Hall–Kier alpha value is -1.94. The van der Waals surface area contributed by atoms with E-state index < -0.39 is 0 Å². The number of nitrogens with one attached hydrogen (secondary N) is 1. The second-order valence-electron chi connectivity index (χ2n) is 5.35. The molecule has 1 atom stereocenters. The van der Waals surface area contributed by atoms with Crippen molar-refractivity contribution in [2.24, 2.45) is 0 Å². The molecule has 1 aliphatic rings. The lowest BCUT2D eigenvalue weighted by Gasteiger charge is -2.26. The van der Waals surface area contributed by atoms with Crippen LogP contribution in [0.5, 0.6) is 5.88 Å². The number of halogens is 1. The molecule has 3 rings (SSSR count). The molecule has 0 bridgehead atoms. The molecule has 21 heavy (non-hydrogen) atoms. The van der Waals surface area contributed by atoms with E-state index in [0.717, 1.165) is 24.8 Å². The van der Waals surface area contributed by atoms with E-state index >= 15 is 0 Å². The molecule has 0 aliphatic heterocycles. The third kappa shape index (κ3) is 3.05. The van der Waals surface area contributed by atoms with Crippen LogP contribution in [0.4, 0.5) is 4.39 Å². The molecule has 110 valence electrons. The summed E-state index contributed by atoms with van der Waals surface area (Å²) in [5.74, 6) is 0.184. The van der Waals surface area contributed by atoms with Crippen molar-refractivity contribution in [3.63, 3.8) is 0 Å². The molecular weight excluding hydrogens is 267 g/mol. The first kappa shape index (κ1) is 14.0. The number of fused-ring (bicyclic) bond motifs is 1. The average Bonchev–Trinajstić information content (AvgIpc) is 2.50. The van der Waals surface area contributed by atoms with E-state index in [1.54, 1.807) is 0 Å². The van der Waals surface area contributed by atoms with Crippen LogP contribution >= 0.6 is 0 Å². The summed E-state index contributed by atoms with van der Waals surface area (Å²) >= 11 is 0. The largest absolute Gasteiger partial charge is 0.469 e. The highest BCUT2D eigenvalue weighted by atomic mass is 19.1. The highest BCUT2D eigenvalue weighted by Crippen LogP contribution is 2.33. The van der Waals surface area contributed by atoms with Crippen molar-refractivity contribution >= 4 is 0 Å². The Kier molecular flexibility index (Phi) is 4.15. The first-order chi connectivity index (χ1) is 10.3. The van der Waals surface area contributed by atoms with Gasteiger partial charge in [0.25, 0.3) is 0 Å². The third-order valence-electron chi connectivity index (χ3n) is 3.83. The lowest BCUT2D eigenvalue weighted by molar-refractivity contribution is 0.173. The monoisotopic (exact) mass is 286 g/mol. The molecule has 0 fully saturated rings.